The molecule has 0 amide bonds. The first kappa shape index (κ1) is 15.3. The summed E-state index contributed by atoms with van der Waals surface area (Å²) in [7, 11) is 0. The number of benzene rings is 1. The van der Waals surface area contributed by atoms with E-state index in [2.05, 4.69) is 0 Å². The fraction of sp³-hybridized carbons (Fsp3) is 0.462. The monoisotopic (exact) mass is 272 g/mol. The Kier molecular flexibility index (Phi) is 4.43. The summed E-state index contributed by atoms with van der Waals surface area (Å²) in [5, 5.41) is 8.78. The minimum absolute atomic E-state index is 0.135. The molecule has 0 saturated carbocycles. The number of nitriles is 1. The summed E-state index contributed by atoms with van der Waals surface area (Å²) in [6.07, 6.45) is -4.94. The van der Waals surface area contributed by atoms with Gasteiger partial charge in [0.15, 0.2) is 0 Å². The lowest BCUT2D eigenvalue weighted by Crippen LogP contribution is -2.39. The van der Waals surface area contributed by atoms with Crippen molar-refractivity contribution >= 4 is 0 Å². The maximum absolute atomic E-state index is 12.7. The number of rotatable bonds is 4. The summed E-state index contributed by atoms with van der Waals surface area (Å²) in [4.78, 5) is 0. The van der Waals surface area contributed by atoms with Crippen molar-refractivity contribution in [1.29, 1.82) is 5.26 Å². The van der Waals surface area contributed by atoms with Crippen molar-refractivity contribution in [3.63, 3.8) is 0 Å². The van der Waals surface area contributed by atoms with Crippen LogP contribution in [0.1, 0.15) is 25.8 Å². The Morgan fingerprint density at radius 2 is 1.95 bits per heavy atom. The zero-order valence-corrected chi connectivity index (χ0v) is 10.7. The highest BCUT2D eigenvalue weighted by atomic mass is 19.4. The third kappa shape index (κ3) is 4.45. The van der Waals surface area contributed by atoms with Gasteiger partial charge in [-0.2, -0.15) is 18.4 Å². The van der Waals surface area contributed by atoms with Crippen LogP contribution in [0.15, 0.2) is 24.3 Å². The van der Waals surface area contributed by atoms with Crippen molar-refractivity contribution in [3.8, 4) is 11.8 Å². The number of hydrogen-bond donors (Lipinski definition) is 1. The second-order valence-electron chi connectivity index (χ2n) is 4.66. The number of alkyl halides is 3. The molecule has 1 aromatic carbocycles. The van der Waals surface area contributed by atoms with E-state index < -0.39 is 23.4 Å². The van der Waals surface area contributed by atoms with E-state index in [9.17, 15) is 13.2 Å². The molecule has 0 aliphatic rings. The highest BCUT2D eigenvalue weighted by Crippen LogP contribution is 2.36. The second-order valence-corrected chi connectivity index (χ2v) is 4.66. The summed E-state index contributed by atoms with van der Waals surface area (Å²) in [6, 6.07) is 6.84. The molecule has 0 fully saturated rings. The zero-order valence-electron chi connectivity index (χ0n) is 10.7. The van der Waals surface area contributed by atoms with E-state index in [0.29, 0.717) is 0 Å². The highest BCUT2D eigenvalue weighted by molar-refractivity contribution is 5.35. The molecule has 2 N–H and O–H groups in total. The molecule has 0 spiro atoms. The number of hydrogen-bond acceptors (Lipinski definition) is 3. The van der Waals surface area contributed by atoms with Crippen molar-refractivity contribution in [2.24, 2.45) is 5.73 Å². The van der Waals surface area contributed by atoms with Gasteiger partial charge in [0, 0.05) is 6.42 Å². The Hall–Kier alpha value is -1.74. The number of para-hydroxylation sites is 1. The van der Waals surface area contributed by atoms with Crippen molar-refractivity contribution < 1.29 is 17.9 Å². The molecule has 0 aromatic heterocycles. The minimum Gasteiger partial charge on any atom is -0.490 e. The van der Waals surface area contributed by atoms with Gasteiger partial charge in [0.05, 0.1) is 17.7 Å². The van der Waals surface area contributed by atoms with Crippen LogP contribution in [0.5, 0.6) is 5.75 Å². The van der Waals surface area contributed by atoms with Crippen LogP contribution in [0.3, 0.4) is 0 Å². The Balaban J connectivity index is 2.87. The standard InChI is InChI=1S/C13H15F3N2O/c1-9(7-12(2,18)8-17)19-11-6-4-3-5-10(11)13(14,15)16/h3-6,9H,7,18H2,1-2H3. The normalized spacial score (nSPS) is 16.3. The predicted molar refractivity (Wildman–Crippen MR) is 64.4 cm³/mol. The molecule has 0 aliphatic carbocycles. The summed E-state index contributed by atoms with van der Waals surface area (Å²) in [5.74, 6) is -0.253. The van der Waals surface area contributed by atoms with Crippen molar-refractivity contribution in [3.05, 3.63) is 29.8 Å². The van der Waals surface area contributed by atoms with E-state index in [1.54, 1.807) is 6.92 Å². The summed E-state index contributed by atoms with van der Waals surface area (Å²) in [6.45, 7) is 3.08. The van der Waals surface area contributed by atoms with Crippen LogP contribution < -0.4 is 10.5 Å². The van der Waals surface area contributed by atoms with E-state index in [1.807, 2.05) is 6.07 Å². The lowest BCUT2D eigenvalue weighted by Gasteiger charge is -2.23. The molecular formula is C13H15F3N2O. The van der Waals surface area contributed by atoms with Gasteiger partial charge in [-0.15, -0.1) is 0 Å². The number of nitrogens with two attached hydrogens (primary N) is 1. The number of ether oxygens (including phenoxy) is 1. The van der Waals surface area contributed by atoms with Crippen molar-refractivity contribution in [1.82, 2.24) is 0 Å². The molecule has 2 atom stereocenters. The molecule has 1 rings (SSSR count). The van der Waals surface area contributed by atoms with E-state index in [4.69, 9.17) is 15.7 Å². The molecule has 0 saturated heterocycles. The van der Waals surface area contributed by atoms with Gasteiger partial charge >= 0.3 is 6.18 Å². The molecule has 0 aliphatic heterocycles. The van der Waals surface area contributed by atoms with Gasteiger partial charge in [-0.05, 0) is 26.0 Å². The van der Waals surface area contributed by atoms with Crippen LogP contribution in [0.2, 0.25) is 0 Å². The zero-order chi connectivity index (χ0) is 14.7. The molecule has 0 heterocycles. The SMILES string of the molecule is CC(CC(C)(N)C#N)Oc1ccccc1C(F)(F)F. The van der Waals surface area contributed by atoms with Gasteiger partial charge in [0.25, 0.3) is 0 Å². The Morgan fingerprint density at radius 3 is 2.47 bits per heavy atom. The lowest BCUT2D eigenvalue weighted by atomic mass is 9.98. The molecule has 2 unspecified atom stereocenters. The largest absolute Gasteiger partial charge is 0.490 e. The second kappa shape index (κ2) is 5.49. The van der Waals surface area contributed by atoms with Crippen LogP contribution in [-0.4, -0.2) is 11.6 Å². The van der Waals surface area contributed by atoms with Crippen LogP contribution >= 0.6 is 0 Å². The fourth-order valence-corrected chi connectivity index (χ4v) is 1.70. The Morgan fingerprint density at radius 1 is 1.37 bits per heavy atom. The quantitative estimate of drug-likeness (QED) is 0.916. The van der Waals surface area contributed by atoms with Crippen molar-refractivity contribution in [2.75, 3.05) is 0 Å². The van der Waals surface area contributed by atoms with Gasteiger partial charge in [0.2, 0.25) is 0 Å². The molecule has 3 nitrogen and oxygen atoms in total. The topological polar surface area (TPSA) is 59.0 Å². The van der Waals surface area contributed by atoms with E-state index in [-0.39, 0.29) is 12.2 Å². The Labute approximate surface area is 109 Å². The molecule has 104 valence electrons. The van der Waals surface area contributed by atoms with Crippen LogP contribution in [-0.2, 0) is 6.18 Å². The molecular weight excluding hydrogens is 257 g/mol. The maximum Gasteiger partial charge on any atom is 0.419 e. The fourth-order valence-electron chi connectivity index (χ4n) is 1.70. The first-order valence-electron chi connectivity index (χ1n) is 5.69. The molecule has 6 heteroatoms. The Bertz CT molecular complexity index is 478. The van der Waals surface area contributed by atoms with E-state index >= 15 is 0 Å². The van der Waals surface area contributed by atoms with Crippen LogP contribution in [0.25, 0.3) is 0 Å². The summed E-state index contributed by atoms with van der Waals surface area (Å²) in [5.41, 5.74) is 3.66. The first-order chi connectivity index (χ1) is 8.65. The third-order valence-corrected chi connectivity index (χ3v) is 2.49. The maximum atomic E-state index is 12.7. The van der Waals surface area contributed by atoms with Gasteiger partial charge in [0.1, 0.15) is 11.3 Å². The molecule has 19 heavy (non-hydrogen) atoms. The van der Waals surface area contributed by atoms with Crippen LogP contribution in [0.4, 0.5) is 13.2 Å². The average molecular weight is 272 g/mol. The molecule has 0 bridgehead atoms. The summed E-state index contributed by atoms with van der Waals surface area (Å²) >= 11 is 0. The van der Waals surface area contributed by atoms with E-state index in [0.717, 1.165) is 6.07 Å². The first-order valence-corrected chi connectivity index (χ1v) is 5.69. The van der Waals surface area contributed by atoms with E-state index in [1.165, 1.54) is 25.1 Å². The lowest BCUT2D eigenvalue weighted by molar-refractivity contribution is -0.139. The van der Waals surface area contributed by atoms with Gasteiger partial charge in [-0.3, -0.25) is 0 Å². The highest BCUT2D eigenvalue weighted by Gasteiger charge is 2.34. The predicted octanol–water partition coefficient (Wildman–Crippen LogP) is 3.10. The number of nitrogens with zero attached hydrogens (tertiary/aromatic N) is 1. The van der Waals surface area contributed by atoms with Gasteiger partial charge in [-0.25, -0.2) is 0 Å². The smallest absolute Gasteiger partial charge is 0.419 e. The van der Waals surface area contributed by atoms with Crippen LogP contribution in [0, 0.1) is 11.3 Å². The van der Waals surface area contributed by atoms with Gasteiger partial charge < -0.3 is 10.5 Å². The average Bonchev–Trinajstić information content (AvgIpc) is 2.27. The number of halogens is 3. The summed E-state index contributed by atoms with van der Waals surface area (Å²) < 4.78 is 43.5. The minimum atomic E-state index is -4.47. The molecule has 1 aromatic rings. The van der Waals surface area contributed by atoms with Crippen molar-refractivity contribution in [2.45, 2.75) is 38.1 Å². The molecule has 0 radical (unpaired) electrons. The van der Waals surface area contributed by atoms with Gasteiger partial charge in [-0.1, -0.05) is 12.1 Å². The third-order valence-electron chi connectivity index (χ3n) is 2.49.